The fourth-order valence-electron chi connectivity index (χ4n) is 1.65. The van der Waals surface area contributed by atoms with Crippen molar-refractivity contribution in [2.45, 2.75) is 0 Å². The summed E-state index contributed by atoms with van der Waals surface area (Å²) >= 11 is 0. The van der Waals surface area contributed by atoms with Crippen LogP contribution in [0, 0.1) is 0 Å². The van der Waals surface area contributed by atoms with E-state index in [1.165, 1.54) is 4.57 Å². The van der Waals surface area contributed by atoms with E-state index in [2.05, 4.69) is 0 Å². The molecular formula is C11H10NO3+. The number of carboxylic acid groups (broad SMARTS) is 1. The molecule has 0 fully saturated rings. The number of aromatic carboxylic acids is 1. The number of aromatic nitrogens is 1. The van der Waals surface area contributed by atoms with E-state index in [-0.39, 0.29) is 11.4 Å². The van der Waals surface area contributed by atoms with Crippen LogP contribution in [-0.4, -0.2) is 16.2 Å². The quantitative estimate of drug-likeness (QED) is 0.683. The molecule has 0 atom stereocenters. The lowest BCUT2D eigenvalue weighted by molar-refractivity contribution is -0.673. The Bertz CT molecular complexity index is 549. The fraction of sp³-hybridized carbons (Fsp3) is 0.0909. The van der Waals surface area contributed by atoms with Gasteiger partial charge in [0.1, 0.15) is 7.05 Å². The van der Waals surface area contributed by atoms with Gasteiger partial charge in [-0.25, -0.2) is 4.79 Å². The highest BCUT2D eigenvalue weighted by molar-refractivity contribution is 5.96. The molecule has 2 aromatic rings. The Hall–Kier alpha value is -2.10. The van der Waals surface area contributed by atoms with Gasteiger partial charge in [0.05, 0.1) is 0 Å². The Labute approximate surface area is 86.0 Å². The largest absolute Gasteiger partial charge is 0.502 e. The minimum absolute atomic E-state index is 0.103. The van der Waals surface area contributed by atoms with Crippen LogP contribution in [0.3, 0.4) is 0 Å². The average Bonchev–Trinajstić information content (AvgIpc) is 2.17. The molecule has 0 bridgehead atoms. The second-order valence-corrected chi connectivity index (χ2v) is 3.33. The van der Waals surface area contributed by atoms with E-state index in [4.69, 9.17) is 5.11 Å². The van der Waals surface area contributed by atoms with E-state index in [0.29, 0.717) is 5.39 Å². The fourth-order valence-corrected chi connectivity index (χ4v) is 1.65. The lowest BCUT2D eigenvalue weighted by Gasteiger charge is -2.02. The predicted octanol–water partition coefficient (Wildman–Crippen LogP) is 1.07. The van der Waals surface area contributed by atoms with Crippen LogP contribution >= 0.6 is 0 Å². The van der Waals surface area contributed by atoms with Crippen LogP contribution in [0.15, 0.2) is 30.5 Å². The number of benzene rings is 1. The summed E-state index contributed by atoms with van der Waals surface area (Å²) in [7, 11) is 1.59. The summed E-state index contributed by atoms with van der Waals surface area (Å²) in [5.41, 5.74) is -0.103. The first-order chi connectivity index (χ1) is 7.11. The second-order valence-electron chi connectivity index (χ2n) is 3.33. The van der Waals surface area contributed by atoms with Gasteiger partial charge >= 0.3 is 11.7 Å². The molecule has 0 aliphatic carbocycles. The number of aromatic hydroxyl groups is 1. The van der Waals surface area contributed by atoms with Crippen molar-refractivity contribution in [1.82, 2.24) is 0 Å². The summed E-state index contributed by atoms with van der Waals surface area (Å²) in [5.74, 6) is -1.33. The Morgan fingerprint density at radius 3 is 2.67 bits per heavy atom. The Morgan fingerprint density at radius 1 is 1.33 bits per heavy atom. The van der Waals surface area contributed by atoms with E-state index in [1.807, 2.05) is 12.1 Å². The molecular weight excluding hydrogens is 194 g/mol. The van der Waals surface area contributed by atoms with Crippen LogP contribution in [0.4, 0.5) is 0 Å². The molecule has 76 valence electrons. The van der Waals surface area contributed by atoms with Crippen molar-refractivity contribution in [2.24, 2.45) is 7.05 Å². The zero-order chi connectivity index (χ0) is 11.0. The third kappa shape index (κ3) is 1.40. The topological polar surface area (TPSA) is 61.4 Å². The number of fused-ring (bicyclic) bond motifs is 1. The van der Waals surface area contributed by atoms with Crippen molar-refractivity contribution >= 4 is 16.7 Å². The summed E-state index contributed by atoms with van der Waals surface area (Å²) in [4.78, 5) is 10.9. The maximum Gasteiger partial charge on any atom is 0.405 e. The van der Waals surface area contributed by atoms with Gasteiger partial charge in [-0.3, -0.25) is 0 Å². The van der Waals surface area contributed by atoms with E-state index in [1.54, 1.807) is 25.4 Å². The highest BCUT2D eigenvalue weighted by atomic mass is 16.4. The van der Waals surface area contributed by atoms with Gasteiger partial charge in [0.15, 0.2) is 6.20 Å². The second kappa shape index (κ2) is 3.24. The lowest BCUT2D eigenvalue weighted by Crippen LogP contribution is -2.35. The van der Waals surface area contributed by atoms with Gasteiger partial charge in [0.25, 0.3) is 0 Å². The molecule has 15 heavy (non-hydrogen) atoms. The smallest absolute Gasteiger partial charge is 0.405 e. The van der Waals surface area contributed by atoms with E-state index in [9.17, 15) is 9.90 Å². The van der Waals surface area contributed by atoms with Crippen molar-refractivity contribution in [3.63, 3.8) is 0 Å². The lowest BCUT2D eigenvalue weighted by atomic mass is 10.1. The molecule has 2 N–H and O–H groups in total. The van der Waals surface area contributed by atoms with Crippen molar-refractivity contribution in [1.29, 1.82) is 0 Å². The molecule has 2 rings (SSSR count). The van der Waals surface area contributed by atoms with Gasteiger partial charge < -0.3 is 10.2 Å². The molecule has 0 aliphatic heterocycles. The standard InChI is InChI=1S/C11H9NO3/c1-12-6-7-4-2-3-5-8(7)10(13)9(12)11(14)15/h2-6H,1H3,(H-,13,14,15)/p+1. The van der Waals surface area contributed by atoms with Crippen LogP contribution in [0.1, 0.15) is 10.5 Å². The van der Waals surface area contributed by atoms with Gasteiger partial charge in [0.2, 0.25) is 5.75 Å². The van der Waals surface area contributed by atoms with Crippen LogP contribution in [0.2, 0.25) is 0 Å². The molecule has 4 heteroatoms. The summed E-state index contributed by atoms with van der Waals surface area (Å²) in [6, 6.07) is 7.10. The van der Waals surface area contributed by atoms with Crippen molar-refractivity contribution in [2.75, 3.05) is 0 Å². The highest BCUT2D eigenvalue weighted by Gasteiger charge is 2.23. The van der Waals surface area contributed by atoms with E-state index in [0.717, 1.165) is 5.39 Å². The summed E-state index contributed by atoms with van der Waals surface area (Å²) < 4.78 is 1.40. The minimum atomic E-state index is -1.14. The molecule has 1 heterocycles. The number of nitrogens with zero attached hydrogens (tertiary/aromatic N) is 1. The van der Waals surface area contributed by atoms with Gasteiger partial charge in [-0.2, -0.15) is 4.57 Å². The van der Waals surface area contributed by atoms with Crippen LogP contribution < -0.4 is 4.57 Å². The first-order valence-corrected chi connectivity index (χ1v) is 4.45. The van der Waals surface area contributed by atoms with Crippen LogP contribution in [-0.2, 0) is 7.05 Å². The Morgan fingerprint density at radius 2 is 2.00 bits per heavy atom. The SMILES string of the molecule is C[n+]1cc2ccccc2c(O)c1C(=O)O. The van der Waals surface area contributed by atoms with Crippen molar-refractivity contribution in [3.8, 4) is 5.75 Å². The number of aryl methyl sites for hydroxylation is 1. The van der Waals surface area contributed by atoms with Crippen LogP contribution in [0.5, 0.6) is 5.75 Å². The predicted molar refractivity (Wildman–Crippen MR) is 53.7 cm³/mol. The molecule has 0 spiro atoms. The average molecular weight is 204 g/mol. The molecule has 1 aromatic carbocycles. The maximum atomic E-state index is 10.9. The van der Waals surface area contributed by atoms with E-state index < -0.39 is 5.97 Å². The van der Waals surface area contributed by atoms with Gasteiger partial charge in [-0.05, 0) is 6.07 Å². The molecule has 0 aliphatic rings. The van der Waals surface area contributed by atoms with Crippen LogP contribution in [0.25, 0.3) is 10.8 Å². The molecule has 0 unspecified atom stereocenters. The number of hydrogen-bond donors (Lipinski definition) is 2. The third-order valence-electron chi connectivity index (χ3n) is 2.33. The Kier molecular flexibility index (Phi) is 2.04. The molecule has 0 saturated carbocycles. The molecule has 0 radical (unpaired) electrons. The number of carboxylic acids is 1. The van der Waals surface area contributed by atoms with E-state index >= 15 is 0 Å². The number of hydrogen-bond acceptors (Lipinski definition) is 2. The molecule has 0 amide bonds. The molecule has 0 saturated heterocycles. The monoisotopic (exact) mass is 204 g/mol. The third-order valence-corrected chi connectivity index (χ3v) is 2.33. The summed E-state index contributed by atoms with van der Waals surface area (Å²) in [6.45, 7) is 0. The van der Waals surface area contributed by atoms with Crippen molar-refractivity contribution < 1.29 is 19.6 Å². The summed E-state index contributed by atoms with van der Waals surface area (Å²) in [6.07, 6.45) is 1.68. The zero-order valence-corrected chi connectivity index (χ0v) is 8.14. The van der Waals surface area contributed by atoms with Gasteiger partial charge in [0, 0.05) is 10.8 Å². The summed E-state index contributed by atoms with van der Waals surface area (Å²) in [5, 5.41) is 20.1. The Balaban J connectivity index is 2.90. The normalized spacial score (nSPS) is 10.5. The first-order valence-electron chi connectivity index (χ1n) is 4.45. The highest BCUT2D eigenvalue weighted by Crippen LogP contribution is 2.25. The van der Waals surface area contributed by atoms with Gasteiger partial charge in [-0.15, -0.1) is 0 Å². The zero-order valence-electron chi connectivity index (χ0n) is 8.14. The maximum absolute atomic E-state index is 10.9. The number of carbonyl (C=O) groups is 1. The minimum Gasteiger partial charge on any atom is -0.502 e. The molecule has 1 aromatic heterocycles. The van der Waals surface area contributed by atoms with Gasteiger partial charge in [-0.1, -0.05) is 18.2 Å². The number of pyridine rings is 1. The first kappa shape index (κ1) is 9.45. The number of rotatable bonds is 1. The molecule has 4 nitrogen and oxygen atoms in total. The van der Waals surface area contributed by atoms with Crippen molar-refractivity contribution in [3.05, 3.63) is 36.2 Å².